The lowest BCUT2D eigenvalue weighted by atomic mass is 10.1. The number of carboxylic acids is 1. The number of carboxylic acid groups (broad SMARTS) is 1. The van der Waals surface area contributed by atoms with E-state index in [0.29, 0.717) is 18.0 Å². The molecule has 0 aliphatic rings. The molecule has 1 aromatic heterocycles. The van der Waals surface area contributed by atoms with Crippen molar-refractivity contribution in [1.29, 1.82) is 0 Å². The van der Waals surface area contributed by atoms with Crippen LogP contribution in [0.2, 0.25) is 0 Å². The monoisotopic (exact) mass is 302 g/mol. The summed E-state index contributed by atoms with van der Waals surface area (Å²) in [7, 11) is 1.57. The normalized spacial score (nSPS) is 10.7. The quantitative estimate of drug-likeness (QED) is 0.916. The van der Waals surface area contributed by atoms with Crippen LogP contribution >= 0.6 is 0 Å². The predicted octanol–water partition coefficient (Wildman–Crippen LogP) is 2.27. The maximum atomic E-state index is 12.1. The molecule has 1 N–H and O–H groups in total. The van der Waals surface area contributed by atoms with Gasteiger partial charge < -0.3 is 9.84 Å². The van der Waals surface area contributed by atoms with Crippen LogP contribution in [0.25, 0.3) is 11.3 Å². The maximum absolute atomic E-state index is 12.1. The number of aromatic nitrogens is 2. The maximum Gasteiger partial charge on any atom is 0.341 e. The van der Waals surface area contributed by atoms with Gasteiger partial charge in [0, 0.05) is 12.1 Å². The molecule has 0 bridgehead atoms. The molecule has 116 valence electrons. The summed E-state index contributed by atoms with van der Waals surface area (Å²) in [6.07, 6.45) is 0. The number of methoxy groups -OCH3 is 1. The van der Waals surface area contributed by atoms with Crippen LogP contribution in [-0.4, -0.2) is 28.0 Å². The molecule has 0 fully saturated rings. The second-order valence-corrected chi connectivity index (χ2v) is 5.36. The van der Waals surface area contributed by atoms with E-state index in [9.17, 15) is 14.7 Å². The van der Waals surface area contributed by atoms with E-state index in [0.717, 1.165) is 5.56 Å². The Morgan fingerprint density at radius 2 is 1.95 bits per heavy atom. The molecule has 0 saturated carbocycles. The minimum atomic E-state index is -1.25. The molecule has 0 saturated heterocycles. The number of ether oxygens (including phenoxy) is 1. The molecule has 22 heavy (non-hydrogen) atoms. The van der Waals surface area contributed by atoms with E-state index in [-0.39, 0.29) is 11.5 Å². The molecule has 0 amide bonds. The average molecular weight is 302 g/mol. The van der Waals surface area contributed by atoms with Crippen LogP contribution in [0.1, 0.15) is 24.2 Å². The van der Waals surface area contributed by atoms with Gasteiger partial charge in [0.1, 0.15) is 11.3 Å². The summed E-state index contributed by atoms with van der Waals surface area (Å²) in [4.78, 5) is 23.4. The van der Waals surface area contributed by atoms with Crippen molar-refractivity contribution in [2.75, 3.05) is 7.11 Å². The molecule has 0 aliphatic heterocycles. The average Bonchev–Trinajstić information content (AvgIpc) is 2.48. The minimum absolute atomic E-state index is 0.179. The van der Waals surface area contributed by atoms with Crippen molar-refractivity contribution in [3.05, 3.63) is 46.2 Å². The molecule has 6 nitrogen and oxygen atoms in total. The van der Waals surface area contributed by atoms with Crippen molar-refractivity contribution in [3.63, 3.8) is 0 Å². The molecule has 0 spiro atoms. The number of nitrogens with zero attached hydrogens (tertiary/aromatic N) is 2. The fourth-order valence-electron chi connectivity index (χ4n) is 2.07. The Morgan fingerprint density at radius 1 is 1.32 bits per heavy atom. The highest BCUT2D eigenvalue weighted by Crippen LogP contribution is 2.20. The first-order valence-corrected chi connectivity index (χ1v) is 6.92. The predicted molar refractivity (Wildman–Crippen MR) is 82.3 cm³/mol. The fraction of sp³-hybridized carbons (Fsp3) is 0.312. The van der Waals surface area contributed by atoms with Crippen molar-refractivity contribution in [2.24, 2.45) is 5.92 Å². The zero-order valence-corrected chi connectivity index (χ0v) is 12.7. The summed E-state index contributed by atoms with van der Waals surface area (Å²) in [6, 6.07) is 8.38. The van der Waals surface area contributed by atoms with Gasteiger partial charge in [-0.1, -0.05) is 13.8 Å². The number of hydrogen-bond donors (Lipinski definition) is 1. The Morgan fingerprint density at radius 3 is 2.45 bits per heavy atom. The van der Waals surface area contributed by atoms with Crippen LogP contribution in [0, 0.1) is 5.92 Å². The molecule has 2 rings (SSSR count). The van der Waals surface area contributed by atoms with Crippen LogP contribution in [0.4, 0.5) is 0 Å². The summed E-state index contributed by atoms with van der Waals surface area (Å²) in [5.41, 5.74) is 0.307. The van der Waals surface area contributed by atoms with Crippen molar-refractivity contribution >= 4 is 5.97 Å². The molecule has 0 atom stereocenters. The van der Waals surface area contributed by atoms with Crippen molar-refractivity contribution in [2.45, 2.75) is 20.4 Å². The molecule has 1 aromatic carbocycles. The van der Waals surface area contributed by atoms with E-state index in [1.54, 1.807) is 31.4 Å². The fourth-order valence-corrected chi connectivity index (χ4v) is 2.07. The highest BCUT2D eigenvalue weighted by molar-refractivity contribution is 5.88. The first-order valence-electron chi connectivity index (χ1n) is 6.92. The van der Waals surface area contributed by atoms with Gasteiger partial charge in [0.05, 0.1) is 12.8 Å². The van der Waals surface area contributed by atoms with Gasteiger partial charge in [-0.05, 0) is 36.2 Å². The summed E-state index contributed by atoms with van der Waals surface area (Å²) in [6.45, 7) is 4.24. The van der Waals surface area contributed by atoms with Crippen molar-refractivity contribution in [3.8, 4) is 17.0 Å². The Hall–Kier alpha value is -2.63. The summed E-state index contributed by atoms with van der Waals surface area (Å²) >= 11 is 0. The van der Waals surface area contributed by atoms with Crippen molar-refractivity contribution in [1.82, 2.24) is 9.78 Å². The molecular weight excluding hydrogens is 284 g/mol. The number of aromatic carboxylic acids is 1. The smallest absolute Gasteiger partial charge is 0.341 e. The highest BCUT2D eigenvalue weighted by Gasteiger charge is 2.16. The first-order chi connectivity index (χ1) is 10.4. The van der Waals surface area contributed by atoms with Crippen LogP contribution in [-0.2, 0) is 6.54 Å². The van der Waals surface area contributed by atoms with Crippen molar-refractivity contribution < 1.29 is 14.6 Å². The summed E-state index contributed by atoms with van der Waals surface area (Å²) in [5, 5.41) is 13.5. The van der Waals surface area contributed by atoms with E-state index in [4.69, 9.17) is 4.74 Å². The van der Waals surface area contributed by atoms with Crippen LogP contribution in [0.3, 0.4) is 0 Å². The van der Waals surface area contributed by atoms with Gasteiger partial charge in [-0.3, -0.25) is 4.79 Å². The lowest BCUT2D eigenvalue weighted by Gasteiger charge is -2.11. The zero-order chi connectivity index (χ0) is 16.3. The minimum Gasteiger partial charge on any atom is -0.497 e. The molecule has 2 aromatic rings. The Kier molecular flexibility index (Phi) is 4.60. The molecule has 1 heterocycles. The van der Waals surface area contributed by atoms with Gasteiger partial charge >= 0.3 is 5.97 Å². The third-order valence-electron chi connectivity index (χ3n) is 3.13. The number of benzene rings is 1. The number of hydrogen-bond acceptors (Lipinski definition) is 4. The molecule has 6 heteroatoms. The Bertz CT molecular complexity index is 733. The van der Waals surface area contributed by atoms with Crippen LogP contribution in [0.5, 0.6) is 5.75 Å². The second-order valence-electron chi connectivity index (χ2n) is 5.36. The summed E-state index contributed by atoms with van der Waals surface area (Å²) < 4.78 is 6.31. The van der Waals surface area contributed by atoms with E-state index < -0.39 is 11.5 Å². The van der Waals surface area contributed by atoms with Gasteiger partial charge in [-0.25, -0.2) is 9.48 Å². The zero-order valence-electron chi connectivity index (χ0n) is 12.7. The van der Waals surface area contributed by atoms with Gasteiger partial charge in [0.2, 0.25) is 0 Å². The third-order valence-corrected chi connectivity index (χ3v) is 3.13. The Balaban J connectivity index is 2.57. The number of rotatable bonds is 5. The Labute approximate surface area is 128 Å². The largest absolute Gasteiger partial charge is 0.497 e. The third kappa shape index (κ3) is 3.33. The summed E-state index contributed by atoms with van der Waals surface area (Å²) in [5.74, 6) is -0.379. The van der Waals surface area contributed by atoms with E-state index in [1.165, 1.54) is 10.7 Å². The lowest BCUT2D eigenvalue weighted by molar-refractivity contribution is 0.0693. The van der Waals surface area contributed by atoms with E-state index in [1.807, 2.05) is 13.8 Å². The van der Waals surface area contributed by atoms with Gasteiger partial charge in [-0.2, -0.15) is 5.10 Å². The van der Waals surface area contributed by atoms with Gasteiger partial charge in [0.25, 0.3) is 5.56 Å². The first kappa shape index (κ1) is 15.8. The highest BCUT2D eigenvalue weighted by atomic mass is 16.5. The number of carbonyl (C=O) groups is 1. The second kappa shape index (κ2) is 6.43. The molecule has 0 aliphatic carbocycles. The van der Waals surface area contributed by atoms with E-state index in [2.05, 4.69) is 5.10 Å². The van der Waals surface area contributed by atoms with E-state index >= 15 is 0 Å². The van der Waals surface area contributed by atoms with Crippen LogP contribution < -0.4 is 10.3 Å². The molecular formula is C16H18N2O4. The SMILES string of the molecule is COc1ccc(-c2cc(C(=O)O)c(=O)n(CC(C)C)n2)cc1. The molecule has 0 unspecified atom stereocenters. The topological polar surface area (TPSA) is 81.4 Å². The van der Waals surface area contributed by atoms with Gasteiger partial charge in [0.15, 0.2) is 0 Å². The molecule has 0 radical (unpaired) electrons. The standard InChI is InChI=1S/C16H18N2O4/c1-10(2)9-18-15(19)13(16(20)21)8-14(17-18)11-4-6-12(22-3)7-5-11/h4-8,10H,9H2,1-3H3,(H,20,21). The van der Waals surface area contributed by atoms with Crippen LogP contribution in [0.15, 0.2) is 35.1 Å². The van der Waals surface area contributed by atoms with Gasteiger partial charge in [-0.15, -0.1) is 0 Å². The lowest BCUT2D eigenvalue weighted by Crippen LogP contribution is -2.30.